The van der Waals surface area contributed by atoms with Gasteiger partial charge in [-0.25, -0.2) is 4.39 Å². The lowest BCUT2D eigenvalue weighted by Gasteiger charge is -2.39. The Bertz CT molecular complexity index is 1040. The minimum atomic E-state index is -0.436. The number of amides is 2. The summed E-state index contributed by atoms with van der Waals surface area (Å²) in [5.74, 6) is -0.660. The lowest BCUT2D eigenvalue weighted by molar-refractivity contribution is -0.141. The summed E-state index contributed by atoms with van der Waals surface area (Å²) in [7, 11) is 1.80. The number of benzene rings is 1. The lowest BCUT2D eigenvalue weighted by Crippen LogP contribution is -2.46. The van der Waals surface area contributed by atoms with E-state index in [9.17, 15) is 14.0 Å². The Balaban J connectivity index is 1.64. The number of likely N-dealkylation sites (tertiary alicyclic amines) is 1. The van der Waals surface area contributed by atoms with E-state index in [1.54, 1.807) is 28.9 Å². The molecule has 0 bridgehead atoms. The first-order valence-corrected chi connectivity index (χ1v) is 9.20. The predicted octanol–water partition coefficient (Wildman–Crippen LogP) is 2.37. The molecule has 3 heterocycles. The normalized spacial score (nSPS) is 20.0. The van der Waals surface area contributed by atoms with Gasteiger partial charge in [0.25, 0.3) is 0 Å². The van der Waals surface area contributed by atoms with E-state index in [-0.39, 0.29) is 23.7 Å². The van der Waals surface area contributed by atoms with Crippen LogP contribution in [0, 0.1) is 11.7 Å². The van der Waals surface area contributed by atoms with Crippen LogP contribution >= 0.6 is 0 Å². The maximum Gasteiger partial charge on any atom is 0.231 e. The number of carbonyl (C=O) groups excluding carboxylic acids is 2. The molecule has 4 rings (SSSR count). The predicted molar refractivity (Wildman–Crippen MR) is 101 cm³/mol. The number of H-pyrrole nitrogens is 1. The summed E-state index contributed by atoms with van der Waals surface area (Å²) in [4.78, 5) is 27.3. The standard InChI is InChI=1S/C19H21FN6O2/c1-3-26-16(27)7-6-14(17(26)11-9-21-25(2)10-11)19(28)22-18-13-5-4-12(20)8-15(13)23-24-18/h4-5,8-10,14,17H,3,6-7H2,1-2H3,(H2,22,23,24,28). The molecule has 0 spiro atoms. The van der Waals surface area contributed by atoms with E-state index in [0.717, 1.165) is 5.56 Å². The first kappa shape index (κ1) is 18.1. The second-order valence-electron chi connectivity index (χ2n) is 6.97. The van der Waals surface area contributed by atoms with E-state index < -0.39 is 5.92 Å². The molecular weight excluding hydrogens is 363 g/mol. The van der Waals surface area contributed by atoms with Gasteiger partial charge in [0.1, 0.15) is 5.82 Å². The number of anilines is 1. The first-order valence-electron chi connectivity index (χ1n) is 9.20. The third-order valence-electron chi connectivity index (χ3n) is 5.22. The van der Waals surface area contributed by atoms with Crippen molar-refractivity contribution in [2.24, 2.45) is 13.0 Å². The smallest absolute Gasteiger partial charge is 0.231 e. The average Bonchev–Trinajstić information content (AvgIpc) is 3.27. The first-order chi connectivity index (χ1) is 13.5. The summed E-state index contributed by atoms with van der Waals surface area (Å²) < 4.78 is 15.0. The van der Waals surface area contributed by atoms with Crippen molar-refractivity contribution in [3.05, 3.63) is 42.0 Å². The number of piperidine rings is 1. The van der Waals surface area contributed by atoms with Gasteiger partial charge >= 0.3 is 0 Å². The highest BCUT2D eigenvalue weighted by Crippen LogP contribution is 2.37. The van der Waals surface area contributed by atoms with E-state index in [1.807, 2.05) is 13.1 Å². The van der Waals surface area contributed by atoms with Crippen LogP contribution in [0.5, 0.6) is 0 Å². The van der Waals surface area contributed by atoms with Crippen molar-refractivity contribution < 1.29 is 14.0 Å². The van der Waals surface area contributed by atoms with Gasteiger partial charge in [-0.15, -0.1) is 0 Å². The molecule has 8 nitrogen and oxygen atoms in total. The largest absolute Gasteiger partial charge is 0.335 e. The van der Waals surface area contributed by atoms with Crippen LogP contribution < -0.4 is 5.32 Å². The third kappa shape index (κ3) is 3.12. The van der Waals surface area contributed by atoms with Crippen LogP contribution in [-0.2, 0) is 16.6 Å². The molecule has 9 heteroatoms. The monoisotopic (exact) mass is 384 g/mol. The van der Waals surface area contributed by atoms with Crippen LogP contribution in [-0.4, -0.2) is 43.2 Å². The van der Waals surface area contributed by atoms with Crippen LogP contribution in [0.2, 0.25) is 0 Å². The summed E-state index contributed by atoms with van der Waals surface area (Å²) in [6.45, 7) is 2.41. The van der Waals surface area contributed by atoms with Gasteiger partial charge in [-0.3, -0.25) is 19.4 Å². The number of hydrogen-bond acceptors (Lipinski definition) is 4. The molecule has 0 aliphatic carbocycles. The second-order valence-corrected chi connectivity index (χ2v) is 6.97. The minimum Gasteiger partial charge on any atom is -0.335 e. The van der Waals surface area contributed by atoms with Crippen LogP contribution in [0.25, 0.3) is 10.9 Å². The Morgan fingerprint density at radius 1 is 1.43 bits per heavy atom. The Kier molecular flexibility index (Phi) is 4.58. The van der Waals surface area contributed by atoms with Crippen molar-refractivity contribution in [2.45, 2.75) is 25.8 Å². The molecule has 28 heavy (non-hydrogen) atoms. The van der Waals surface area contributed by atoms with Crippen molar-refractivity contribution >= 4 is 28.5 Å². The van der Waals surface area contributed by atoms with Gasteiger partial charge in [0, 0.05) is 37.2 Å². The van der Waals surface area contributed by atoms with Crippen LogP contribution in [0.4, 0.5) is 10.2 Å². The number of nitrogens with zero attached hydrogens (tertiary/aromatic N) is 4. The number of hydrogen-bond donors (Lipinski definition) is 2. The molecule has 2 amide bonds. The number of aromatic nitrogens is 4. The van der Waals surface area contributed by atoms with Crippen molar-refractivity contribution in [1.29, 1.82) is 0 Å². The van der Waals surface area contributed by atoms with Crippen LogP contribution in [0.15, 0.2) is 30.6 Å². The fraction of sp³-hybridized carbons (Fsp3) is 0.368. The molecule has 0 saturated carbocycles. The van der Waals surface area contributed by atoms with E-state index in [1.165, 1.54) is 12.1 Å². The highest BCUT2D eigenvalue weighted by molar-refractivity contribution is 6.01. The number of nitrogens with one attached hydrogen (secondary N) is 2. The summed E-state index contributed by atoms with van der Waals surface area (Å²) in [6, 6.07) is 3.84. The molecule has 1 aliphatic heterocycles. The van der Waals surface area contributed by atoms with Gasteiger partial charge in [-0.2, -0.15) is 10.2 Å². The minimum absolute atomic E-state index is 0.0288. The van der Waals surface area contributed by atoms with E-state index >= 15 is 0 Å². The zero-order chi connectivity index (χ0) is 19.8. The fourth-order valence-corrected chi connectivity index (χ4v) is 3.90. The Morgan fingerprint density at radius 2 is 2.25 bits per heavy atom. The summed E-state index contributed by atoms with van der Waals surface area (Å²) in [6.07, 6.45) is 4.28. The average molecular weight is 384 g/mol. The molecule has 3 aromatic rings. The molecule has 2 atom stereocenters. The van der Waals surface area contributed by atoms with Gasteiger partial charge < -0.3 is 10.2 Å². The molecule has 1 aromatic carbocycles. The van der Waals surface area contributed by atoms with Gasteiger partial charge in [0.2, 0.25) is 11.8 Å². The molecule has 2 N–H and O–H groups in total. The molecule has 1 aliphatic rings. The lowest BCUT2D eigenvalue weighted by atomic mass is 9.84. The number of aryl methyl sites for hydroxylation is 1. The molecular formula is C19H21FN6O2. The van der Waals surface area contributed by atoms with Gasteiger partial charge in [0.15, 0.2) is 5.82 Å². The number of rotatable bonds is 4. The number of aromatic amines is 1. The third-order valence-corrected chi connectivity index (χ3v) is 5.22. The van der Waals surface area contributed by atoms with Crippen LogP contribution in [0.3, 0.4) is 0 Å². The zero-order valence-electron chi connectivity index (χ0n) is 15.6. The molecule has 2 unspecified atom stereocenters. The van der Waals surface area contributed by atoms with Crippen LogP contribution in [0.1, 0.15) is 31.4 Å². The highest BCUT2D eigenvalue weighted by Gasteiger charge is 2.40. The molecule has 0 radical (unpaired) electrons. The molecule has 1 saturated heterocycles. The van der Waals surface area contributed by atoms with E-state index in [2.05, 4.69) is 20.6 Å². The van der Waals surface area contributed by atoms with Crippen molar-refractivity contribution in [1.82, 2.24) is 24.9 Å². The Labute approximate surface area is 160 Å². The maximum atomic E-state index is 13.4. The van der Waals surface area contributed by atoms with E-state index in [0.29, 0.717) is 36.1 Å². The van der Waals surface area contributed by atoms with Crippen molar-refractivity contribution in [2.75, 3.05) is 11.9 Å². The quantitative estimate of drug-likeness (QED) is 0.722. The van der Waals surface area contributed by atoms with Gasteiger partial charge in [-0.05, 0) is 31.5 Å². The summed E-state index contributed by atoms with van der Waals surface area (Å²) in [5, 5.41) is 14.5. The maximum absolute atomic E-state index is 13.4. The van der Waals surface area contributed by atoms with Gasteiger partial charge in [-0.1, -0.05) is 0 Å². The molecule has 2 aromatic heterocycles. The summed E-state index contributed by atoms with van der Waals surface area (Å²) in [5.41, 5.74) is 1.33. The topological polar surface area (TPSA) is 95.9 Å². The number of carbonyl (C=O) groups is 2. The SMILES string of the molecule is CCN1C(=O)CCC(C(=O)Nc2n[nH]c3cc(F)ccc23)C1c1cnn(C)c1. The number of fused-ring (bicyclic) bond motifs is 1. The Hall–Kier alpha value is -3.23. The second kappa shape index (κ2) is 7.06. The Morgan fingerprint density at radius 3 is 2.96 bits per heavy atom. The molecule has 146 valence electrons. The fourth-order valence-electron chi connectivity index (χ4n) is 3.90. The van der Waals surface area contributed by atoms with Gasteiger partial charge in [0.05, 0.1) is 23.7 Å². The van der Waals surface area contributed by atoms with Crippen molar-refractivity contribution in [3.63, 3.8) is 0 Å². The van der Waals surface area contributed by atoms with E-state index in [4.69, 9.17) is 0 Å². The number of halogens is 1. The summed E-state index contributed by atoms with van der Waals surface area (Å²) >= 11 is 0. The van der Waals surface area contributed by atoms with Crippen molar-refractivity contribution in [3.8, 4) is 0 Å². The molecule has 1 fully saturated rings. The highest BCUT2D eigenvalue weighted by atomic mass is 19.1. The zero-order valence-corrected chi connectivity index (χ0v) is 15.6.